The van der Waals surface area contributed by atoms with E-state index in [0.29, 0.717) is 53.1 Å². The van der Waals surface area contributed by atoms with Crippen molar-refractivity contribution < 1.29 is 14.3 Å². The lowest BCUT2D eigenvalue weighted by Gasteiger charge is -2.21. The van der Waals surface area contributed by atoms with E-state index in [-0.39, 0.29) is 5.91 Å². The van der Waals surface area contributed by atoms with Crippen molar-refractivity contribution >= 4 is 17.7 Å². The van der Waals surface area contributed by atoms with Gasteiger partial charge in [0.15, 0.2) is 11.4 Å². The summed E-state index contributed by atoms with van der Waals surface area (Å²) in [5.74, 6) is 1.07. The number of aryl methyl sites for hydroxylation is 1. The summed E-state index contributed by atoms with van der Waals surface area (Å²) in [7, 11) is 3.51. The number of aromatic nitrogens is 5. The Bertz CT molecular complexity index is 1300. The second kappa shape index (κ2) is 7.57. The molecule has 2 N–H and O–H groups in total. The van der Waals surface area contributed by atoms with Gasteiger partial charge in [0.2, 0.25) is 11.8 Å². The van der Waals surface area contributed by atoms with Crippen LogP contribution in [0.5, 0.6) is 0 Å². The Labute approximate surface area is 183 Å². The zero-order valence-electron chi connectivity index (χ0n) is 17.6. The number of nitrogens with zero attached hydrogens (tertiary/aromatic N) is 6. The predicted molar refractivity (Wildman–Crippen MR) is 116 cm³/mol. The van der Waals surface area contributed by atoms with E-state index in [9.17, 15) is 9.90 Å². The number of likely N-dealkylation sites (N-methyl/N-ethyl adjacent to an activating group) is 1. The summed E-state index contributed by atoms with van der Waals surface area (Å²) in [6.45, 7) is 0.505. The molecule has 3 aromatic heterocycles. The van der Waals surface area contributed by atoms with Crippen LogP contribution in [0.4, 0.5) is 11.8 Å². The van der Waals surface area contributed by atoms with Crippen LogP contribution in [-0.2, 0) is 17.4 Å². The number of hydrogen-bond donors (Lipinski definition) is 2. The highest BCUT2D eigenvalue weighted by Gasteiger charge is 2.45. The summed E-state index contributed by atoms with van der Waals surface area (Å²) in [4.78, 5) is 27.2. The van der Waals surface area contributed by atoms with Crippen molar-refractivity contribution in [3.05, 3.63) is 60.6 Å². The van der Waals surface area contributed by atoms with Gasteiger partial charge in [-0.1, -0.05) is 12.1 Å². The Morgan fingerprint density at radius 3 is 2.78 bits per heavy atom. The lowest BCUT2D eigenvalue weighted by atomic mass is 9.91. The molecule has 1 amide bonds. The molecular weight excluding hydrogens is 410 g/mol. The summed E-state index contributed by atoms with van der Waals surface area (Å²) in [5, 5.41) is 18.2. The molecule has 162 valence electrons. The molecule has 32 heavy (non-hydrogen) atoms. The molecule has 5 rings (SSSR count). The van der Waals surface area contributed by atoms with Gasteiger partial charge in [-0.25, -0.2) is 15.0 Å². The fraction of sp³-hybridized carbons (Fsp3) is 0.227. The van der Waals surface area contributed by atoms with Gasteiger partial charge in [-0.15, -0.1) is 0 Å². The first kappa shape index (κ1) is 19.9. The average Bonchev–Trinajstić information content (AvgIpc) is 3.52. The number of benzene rings is 1. The monoisotopic (exact) mass is 431 g/mol. The molecule has 4 aromatic rings. The second-order valence-electron chi connectivity index (χ2n) is 7.72. The van der Waals surface area contributed by atoms with Crippen LogP contribution < -0.4 is 5.32 Å². The Balaban J connectivity index is 1.41. The molecule has 1 atom stereocenters. The summed E-state index contributed by atoms with van der Waals surface area (Å²) in [6.07, 6.45) is 5.30. The van der Waals surface area contributed by atoms with Crippen molar-refractivity contribution in [1.82, 2.24) is 29.6 Å². The van der Waals surface area contributed by atoms with E-state index in [1.807, 2.05) is 25.4 Å². The molecule has 0 saturated carbocycles. The number of carbonyl (C=O) groups excluding carboxylic acids is 1. The first-order valence-electron chi connectivity index (χ1n) is 10.1. The first-order chi connectivity index (χ1) is 15.4. The lowest BCUT2D eigenvalue weighted by molar-refractivity contribution is -0.143. The van der Waals surface area contributed by atoms with Crippen LogP contribution >= 0.6 is 0 Å². The predicted octanol–water partition coefficient (Wildman–Crippen LogP) is 2.33. The van der Waals surface area contributed by atoms with Crippen molar-refractivity contribution in [2.45, 2.75) is 12.0 Å². The van der Waals surface area contributed by atoms with Crippen LogP contribution in [0.2, 0.25) is 0 Å². The van der Waals surface area contributed by atoms with Crippen LogP contribution in [0, 0.1) is 0 Å². The third-order valence-corrected chi connectivity index (χ3v) is 5.47. The first-order valence-corrected chi connectivity index (χ1v) is 10.1. The molecule has 0 unspecified atom stereocenters. The molecule has 0 radical (unpaired) electrons. The minimum Gasteiger partial charge on any atom is -0.444 e. The molecule has 1 fully saturated rings. The molecule has 10 heteroatoms. The number of hydrogen-bond acceptors (Lipinski definition) is 8. The largest absolute Gasteiger partial charge is 0.444 e. The van der Waals surface area contributed by atoms with Gasteiger partial charge in [-0.3, -0.25) is 9.48 Å². The second-order valence-corrected chi connectivity index (χ2v) is 7.72. The number of rotatable bonds is 5. The van der Waals surface area contributed by atoms with Gasteiger partial charge in [0.05, 0.1) is 5.69 Å². The maximum atomic E-state index is 12.4. The molecule has 0 bridgehead atoms. The zero-order valence-corrected chi connectivity index (χ0v) is 17.6. The molecule has 0 aliphatic carbocycles. The van der Waals surface area contributed by atoms with Crippen LogP contribution in [0.15, 0.2) is 59.5 Å². The number of oxazole rings is 1. The van der Waals surface area contributed by atoms with Gasteiger partial charge in [0, 0.05) is 51.1 Å². The minimum atomic E-state index is -1.53. The fourth-order valence-corrected chi connectivity index (χ4v) is 3.71. The Hall–Kier alpha value is -4.05. The van der Waals surface area contributed by atoms with E-state index in [1.165, 1.54) is 11.2 Å². The molecule has 1 saturated heterocycles. The van der Waals surface area contributed by atoms with Crippen molar-refractivity contribution in [2.75, 3.05) is 18.9 Å². The molecule has 0 spiro atoms. The number of anilines is 2. The Kier molecular flexibility index (Phi) is 4.71. The van der Waals surface area contributed by atoms with Crippen LogP contribution in [0.1, 0.15) is 12.0 Å². The average molecular weight is 431 g/mol. The molecule has 1 aliphatic heterocycles. The van der Waals surface area contributed by atoms with Gasteiger partial charge in [0.1, 0.15) is 12.0 Å². The summed E-state index contributed by atoms with van der Waals surface area (Å²) in [5.41, 5.74) is 0.764. The highest BCUT2D eigenvalue weighted by molar-refractivity contribution is 5.88. The standard InChI is InChI=1S/C22H21N7O3/c1-28-11-8-22(31,20(28)30)15-5-3-4-14(12-15)19-24-17(13-32-19)16-6-9-23-21(25-16)26-18-7-10-29(2)27-18/h3-7,9-10,12-13,31H,8,11H2,1-2H3,(H,23,25,26,27)/t22-/m1/s1. The van der Waals surface area contributed by atoms with Gasteiger partial charge < -0.3 is 19.7 Å². The Morgan fingerprint density at radius 2 is 2.03 bits per heavy atom. The van der Waals surface area contributed by atoms with Gasteiger partial charge >= 0.3 is 0 Å². The number of carbonyl (C=O) groups is 1. The lowest BCUT2D eigenvalue weighted by Crippen LogP contribution is -2.36. The van der Waals surface area contributed by atoms with Crippen molar-refractivity contribution in [3.63, 3.8) is 0 Å². The maximum Gasteiger partial charge on any atom is 0.258 e. The van der Waals surface area contributed by atoms with E-state index in [4.69, 9.17) is 4.42 Å². The van der Waals surface area contributed by atoms with E-state index in [1.54, 1.807) is 42.2 Å². The third kappa shape index (κ3) is 3.50. The molecule has 10 nitrogen and oxygen atoms in total. The molecule has 1 aliphatic rings. The molecule has 1 aromatic carbocycles. The van der Waals surface area contributed by atoms with Gasteiger partial charge in [0.25, 0.3) is 5.91 Å². The summed E-state index contributed by atoms with van der Waals surface area (Å²) < 4.78 is 7.36. The zero-order chi connectivity index (χ0) is 22.3. The van der Waals surface area contributed by atoms with Crippen LogP contribution in [-0.4, -0.2) is 54.2 Å². The van der Waals surface area contributed by atoms with Crippen molar-refractivity contribution in [2.24, 2.45) is 7.05 Å². The summed E-state index contributed by atoms with van der Waals surface area (Å²) in [6, 6.07) is 10.6. The third-order valence-electron chi connectivity index (χ3n) is 5.47. The number of amides is 1. The Morgan fingerprint density at radius 1 is 1.16 bits per heavy atom. The topological polar surface area (TPSA) is 122 Å². The normalized spacial score (nSPS) is 18.3. The number of nitrogens with one attached hydrogen (secondary N) is 1. The van der Waals surface area contributed by atoms with E-state index >= 15 is 0 Å². The van der Waals surface area contributed by atoms with Gasteiger partial charge in [-0.05, 0) is 23.8 Å². The number of likely N-dealkylation sites (tertiary alicyclic amines) is 1. The maximum absolute atomic E-state index is 12.4. The smallest absolute Gasteiger partial charge is 0.258 e. The highest BCUT2D eigenvalue weighted by atomic mass is 16.3. The van der Waals surface area contributed by atoms with Crippen LogP contribution in [0.25, 0.3) is 22.8 Å². The van der Waals surface area contributed by atoms with Crippen molar-refractivity contribution in [1.29, 1.82) is 0 Å². The van der Waals surface area contributed by atoms with E-state index in [0.717, 1.165) is 0 Å². The fourth-order valence-electron chi connectivity index (χ4n) is 3.71. The molecule has 4 heterocycles. The highest BCUT2D eigenvalue weighted by Crippen LogP contribution is 2.35. The quantitative estimate of drug-likeness (QED) is 0.494. The number of aliphatic hydroxyl groups is 1. The van der Waals surface area contributed by atoms with E-state index < -0.39 is 5.60 Å². The minimum absolute atomic E-state index is 0.309. The SMILES string of the molecule is CN1CC[C@@](O)(c2cccc(-c3nc(-c4ccnc(Nc5ccn(C)n5)n4)co3)c2)C1=O. The summed E-state index contributed by atoms with van der Waals surface area (Å²) >= 11 is 0. The van der Waals surface area contributed by atoms with Gasteiger partial charge in [-0.2, -0.15) is 5.10 Å². The van der Waals surface area contributed by atoms with Crippen LogP contribution in [0.3, 0.4) is 0 Å². The van der Waals surface area contributed by atoms with E-state index in [2.05, 4.69) is 25.4 Å². The van der Waals surface area contributed by atoms with Crippen molar-refractivity contribution in [3.8, 4) is 22.8 Å². The molecular formula is C22H21N7O3.